The molecule has 0 saturated carbocycles. The maximum Gasteiger partial charge on any atom is 0.134 e. The quantitative estimate of drug-likeness (QED) is 0.373. The van der Waals surface area contributed by atoms with Crippen molar-refractivity contribution < 1.29 is 4.74 Å². The van der Waals surface area contributed by atoms with E-state index in [4.69, 9.17) is 9.72 Å². The molecule has 0 spiro atoms. The molecule has 0 aliphatic carbocycles. The molecule has 0 radical (unpaired) electrons. The Balaban J connectivity index is 2.00. The highest BCUT2D eigenvalue weighted by molar-refractivity contribution is 6.11. The molecule has 1 aromatic heterocycles. The molecule has 2 heterocycles. The Labute approximate surface area is 198 Å². The fourth-order valence-electron chi connectivity index (χ4n) is 3.95. The summed E-state index contributed by atoms with van der Waals surface area (Å²) < 4.78 is 5.56. The third-order valence-corrected chi connectivity index (χ3v) is 5.59. The first-order chi connectivity index (χ1) is 16.0. The van der Waals surface area contributed by atoms with Crippen LogP contribution in [0.4, 0.5) is 5.82 Å². The minimum absolute atomic E-state index is 0.511. The Kier molecular flexibility index (Phi) is 9.02. The predicted molar refractivity (Wildman–Crippen MR) is 142 cm³/mol. The molecule has 1 aliphatic rings. The van der Waals surface area contributed by atoms with Crippen molar-refractivity contribution in [3.05, 3.63) is 72.5 Å². The largest absolute Gasteiger partial charge is 0.383 e. The summed E-state index contributed by atoms with van der Waals surface area (Å²) in [7, 11) is 5.84. The van der Waals surface area contributed by atoms with Crippen LogP contribution >= 0.6 is 0 Å². The lowest BCUT2D eigenvalue weighted by molar-refractivity contribution is 0.187. The van der Waals surface area contributed by atoms with Crippen LogP contribution in [-0.2, 0) is 4.74 Å². The molecule has 1 atom stereocenters. The van der Waals surface area contributed by atoms with Crippen LogP contribution in [0, 0.1) is 5.92 Å². The Morgan fingerprint density at radius 3 is 2.79 bits per heavy atom. The van der Waals surface area contributed by atoms with Crippen molar-refractivity contribution >= 4 is 23.2 Å². The lowest BCUT2D eigenvalue weighted by Crippen LogP contribution is -2.16. The number of nitrogens with one attached hydrogen (secondary N) is 1. The van der Waals surface area contributed by atoms with Crippen LogP contribution < -0.4 is 5.32 Å². The van der Waals surface area contributed by atoms with E-state index in [1.807, 2.05) is 31.3 Å². The zero-order valence-corrected chi connectivity index (χ0v) is 20.3. The zero-order chi connectivity index (χ0) is 23.6. The van der Waals surface area contributed by atoms with Gasteiger partial charge in [0.05, 0.1) is 12.3 Å². The van der Waals surface area contributed by atoms with E-state index in [2.05, 4.69) is 72.5 Å². The number of benzene rings is 1. The Bertz CT molecular complexity index is 1030. The summed E-state index contributed by atoms with van der Waals surface area (Å²) in [6, 6.07) is 12.7. The number of hydrogen-bond acceptors (Lipinski definition) is 5. The van der Waals surface area contributed by atoms with Gasteiger partial charge in [-0.3, -0.25) is 4.99 Å². The lowest BCUT2D eigenvalue weighted by Gasteiger charge is -2.16. The number of rotatable bonds is 10. The zero-order valence-electron chi connectivity index (χ0n) is 20.3. The molecule has 3 rings (SSSR count). The number of hydrogen-bond donors (Lipinski definition) is 1. The molecule has 1 fully saturated rings. The second-order valence-corrected chi connectivity index (χ2v) is 8.49. The summed E-state index contributed by atoms with van der Waals surface area (Å²) in [4.78, 5) is 11.4. The highest BCUT2D eigenvalue weighted by Crippen LogP contribution is 2.29. The summed E-state index contributed by atoms with van der Waals surface area (Å²) in [6.07, 6.45) is 10.1. The summed E-state index contributed by atoms with van der Waals surface area (Å²) in [5, 5.41) is 3.61. The van der Waals surface area contributed by atoms with Crippen LogP contribution in [0.15, 0.2) is 66.3 Å². The topological polar surface area (TPSA) is 49.8 Å². The molecule has 2 aromatic rings. The normalized spacial score (nSPS) is 16.9. The first-order valence-corrected chi connectivity index (χ1v) is 11.6. The van der Waals surface area contributed by atoms with Gasteiger partial charge in [-0.15, -0.1) is 0 Å². The molecule has 0 amide bonds. The predicted octanol–water partition coefficient (Wildman–Crippen LogP) is 5.78. The van der Waals surface area contributed by atoms with Crippen LogP contribution in [0.3, 0.4) is 0 Å². The summed E-state index contributed by atoms with van der Waals surface area (Å²) >= 11 is 0. The summed E-state index contributed by atoms with van der Waals surface area (Å²) in [5.41, 5.74) is 6.35. The average Bonchev–Trinajstić information content (AvgIpc) is 3.34. The van der Waals surface area contributed by atoms with Gasteiger partial charge in [0.25, 0.3) is 0 Å². The van der Waals surface area contributed by atoms with E-state index in [0.717, 1.165) is 71.9 Å². The molecule has 5 heteroatoms. The molecular formula is C28H36N4O. The van der Waals surface area contributed by atoms with Crippen LogP contribution in [0.2, 0.25) is 0 Å². The van der Waals surface area contributed by atoms with E-state index in [1.165, 1.54) is 0 Å². The van der Waals surface area contributed by atoms with E-state index >= 15 is 0 Å². The molecule has 1 aromatic carbocycles. The van der Waals surface area contributed by atoms with Gasteiger partial charge in [0.15, 0.2) is 0 Å². The fraction of sp³-hybridized carbons (Fsp3) is 0.357. The van der Waals surface area contributed by atoms with E-state index in [0.29, 0.717) is 5.92 Å². The maximum atomic E-state index is 5.56. The maximum absolute atomic E-state index is 5.56. The number of nitrogens with zero attached hydrogens (tertiary/aromatic N) is 3. The summed E-state index contributed by atoms with van der Waals surface area (Å²) in [6.45, 7) is 8.62. The highest BCUT2D eigenvalue weighted by Gasteiger charge is 2.17. The van der Waals surface area contributed by atoms with Gasteiger partial charge in [0.1, 0.15) is 5.82 Å². The molecule has 1 N–H and O–H groups in total. The van der Waals surface area contributed by atoms with Crippen LogP contribution in [0.1, 0.15) is 30.9 Å². The van der Waals surface area contributed by atoms with Crippen molar-refractivity contribution in [2.45, 2.75) is 19.8 Å². The van der Waals surface area contributed by atoms with Crippen LogP contribution in [-0.4, -0.2) is 57.0 Å². The third-order valence-electron chi connectivity index (χ3n) is 5.59. The Morgan fingerprint density at radius 2 is 2.12 bits per heavy atom. The van der Waals surface area contributed by atoms with E-state index < -0.39 is 0 Å². The van der Waals surface area contributed by atoms with Crippen molar-refractivity contribution in [2.75, 3.05) is 46.2 Å². The van der Waals surface area contributed by atoms with Crippen LogP contribution in [0.25, 0.3) is 22.4 Å². The van der Waals surface area contributed by atoms with Gasteiger partial charge in [-0.05, 0) is 47.8 Å². The van der Waals surface area contributed by atoms with E-state index in [9.17, 15) is 0 Å². The SMILES string of the molecule is C=C/C(=C\N(C)C)c1cccc(-c2ccc(/C(C=NC)=C/CC)c(NCC3CCOC3)n2)c1. The molecule has 1 aliphatic heterocycles. The van der Waals surface area contributed by atoms with Crippen molar-refractivity contribution in [3.8, 4) is 11.3 Å². The van der Waals surface area contributed by atoms with Gasteiger partial charge in [-0.25, -0.2) is 4.98 Å². The van der Waals surface area contributed by atoms with Crippen molar-refractivity contribution in [2.24, 2.45) is 10.9 Å². The first kappa shape index (κ1) is 24.5. The number of aromatic nitrogens is 1. The van der Waals surface area contributed by atoms with Gasteiger partial charge >= 0.3 is 0 Å². The lowest BCUT2D eigenvalue weighted by atomic mass is 10.0. The molecular weight excluding hydrogens is 408 g/mol. The van der Waals surface area contributed by atoms with E-state index in [1.54, 1.807) is 7.05 Å². The number of ether oxygens (including phenoxy) is 1. The average molecular weight is 445 g/mol. The van der Waals surface area contributed by atoms with E-state index in [-0.39, 0.29) is 0 Å². The molecule has 33 heavy (non-hydrogen) atoms. The second kappa shape index (κ2) is 12.2. The minimum Gasteiger partial charge on any atom is -0.383 e. The second-order valence-electron chi connectivity index (χ2n) is 8.49. The van der Waals surface area contributed by atoms with Crippen LogP contribution in [0.5, 0.6) is 0 Å². The summed E-state index contributed by atoms with van der Waals surface area (Å²) in [5.74, 6) is 1.40. The molecule has 0 bridgehead atoms. The fourth-order valence-corrected chi connectivity index (χ4v) is 3.95. The van der Waals surface area contributed by atoms with Crippen molar-refractivity contribution in [1.29, 1.82) is 0 Å². The van der Waals surface area contributed by atoms with Gasteiger partial charge in [0, 0.05) is 63.8 Å². The van der Waals surface area contributed by atoms with Gasteiger partial charge < -0.3 is 15.0 Å². The van der Waals surface area contributed by atoms with Gasteiger partial charge in [-0.1, -0.05) is 43.9 Å². The first-order valence-electron chi connectivity index (χ1n) is 11.6. The molecule has 5 nitrogen and oxygen atoms in total. The number of pyridine rings is 1. The Hall–Kier alpha value is -3.18. The highest BCUT2D eigenvalue weighted by atomic mass is 16.5. The minimum atomic E-state index is 0.511. The number of aliphatic imine (C=N–C) groups is 1. The molecule has 1 saturated heterocycles. The number of allylic oxidation sites excluding steroid dienone is 4. The molecule has 174 valence electrons. The monoisotopic (exact) mass is 444 g/mol. The Morgan fingerprint density at radius 1 is 1.27 bits per heavy atom. The smallest absolute Gasteiger partial charge is 0.134 e. The number of anilines is 1. The third kappa shape index (κ3) is 6.65. The van der Waals surface area contributed by atoms with Crippen molar-refractivity contribution in [3.63, 3.8) is 0 Å². The van der Waals surface area contributed by atoms with Gasteiger partial charge in [-0.2, -0.15) is 0 Å². The standard InChI is InChI=1S/C28H36N4O/c1-6-9-25(18-29-3)26-12-13-27(31-28(26)30-17-21-14-15-33-20-21)24-11-8-10-23(16-24)22(7-2)19-32(4)5/h7-13,16,18-19,21H,2,6,14-15,17,20H2,1,3-5H3,(H,30,31)/b22-19+,25-9+,29-18?. The van der Waals surface area contributed by atoms with Crippen molar-refractivity contribution in [1.82, 2.24) is 9.88 Å². The molecule has 1 unspecified atom stereocenters. The van der Waals surface area contributed by atoms with Gasteiger partial charge in [0.2, 0.25) is 0 Å².